The van der Waals surface area contributed by atoms with Gasteiger partial charge in [-0.1, -0.05) is 136 Å². The van der Waals surface area contributed by atoms with Crippen molar-refractivity contribution in [2.45, 2.75) is 51.9 Å². The Bertz CT molecular complexity index is 1090. The van der Waals surface area contributed by atoms with Crippen LogP contribution in [0.2, 0.25) is 0 Å². The zero-order valence-electron chi connectivity index (χ0n) is 20.1. The Morgan fingerprint density at radius 1 is 0.559 bits per heavy atom. The number of carbonyl (C=O) groups is 2. The monoisotopic (exact) mass is 450 g/mol. The number of benzene rings is 3. The van der Waals surface area contributed by atoms with Crippen molar-refractivity contribution in [2.24, 2.45) is 0 Å². The van der Waals surface area contributed by atoms with Gasteiger partial charge in [0.15, 0.2) is 5.78 Å². The average Bonchev–Trinajstić information content (AvgIpc) is 2.89. The van der Waals surface area contributed by atoms with Crippen LogP contribution in [-0.4, -0.2) is 12.1 Å². The predicted octanol–water partition coefficient (Wildman–Crippen LogP) is 8.77. The van der Waals surface area contributed by atoms with E-state index in [2.05, 4.69) is 49.4 Å². The van der Waals surface area contributed by atoms with Crippen molar-refractivity contribution >= 4 is 36.4 Å². The first-order valence-corrected chi connectivity index (χ1v) is 12.3. The maximum absolute atomic E-state index is 12.4. The van der Waals surface area contributed by atoms with Gasteiger partial charge in [0.2, 0.25) is 0 Å². The molecule has 3 aromatic carbocycles. The van der Waals surface area contributed by atoms with Gasteiger partial charge in [0.05, 0.1) is 0 Å². The topological polar surface area (TPSA) is 34.1 Å². The van der Waals surface area contributed by atoms with Gasteiger partial charge in [-0.05, 0) is 28.7 Å². The second-order valence-corrected chi connectivity index (χ2v) is 8.68. The lowest BCUT2D eigenvalue weighted by Crippen LogP contribution is -1.98. The van der Waals surface area contributed by atoms with Crippen LogP contribution >= 0.6 is 0 Å². The molecule has 174 valence electrons. The minimum absolute atomic E-state index is 0.245. The molecule has 0 bridgehead atoms. The zero-order chi connectivity index (χ0) is 24.0. The molecule has 0 amide bonds. The Balaban J connectivity index is 1.48. The van der Waals surface area contributed by atoms with E-state index < -0.39 is 0 Å². The number of aldehydes is 1. The Labute approximate surface area is 204 Å². The molecule has 2 nitrogen and oxygen atoms in total. The van der Waals surface area contributed by atoms with Crippen LogP contribution in [0, 0.1) is 0 Å². The third kappa shape index (κ3) is 8.44. The third-order valence-electron chi connectivity index (χ3n) is 5.94. The second kappa shape index (κ2) is 13.9. The minimum atomic E-state index is 0.245. The number of rotatable bonds is 13. The molecule has 3 aromatic rings. The molecule has 0 N–H and O–H groups in total. The number of hydrogen-bond acceptors (Lipinski definition) is 2. The number of carbonyl (C=O) groups excluding carboxylic acids is 2. The maximum Gasteiger partial charge on any atom is 0.162 e. The standard InChI is InChI=1S/C32H34O2/c1-2-3-4-5-6-7-8-32(34)31-23-21-29(22-24-31)16-15-27-11-9-26(10-12-27)13-14-28-17-19-30(25-33)20-18-28/h9-25H,2-8H2,1H3/b14-13+,16-15+. The van der Waals surface area contributed by atoms with E-state index in [0.29, 0.717) is 12.0 Å². The number of Topliss-reactive ketones (excluding diaryl/α,β-unsaturated/α-hetero) is 1. The summed E-state index contributed by atoms with van der Waals surface area (Å²) in [5, 5.41) is 0. The predicted molar refractivity (Wildman–Crippen MR) is 145 cm³/mol. The highest BCUT2D eigenvalue weighted by Gasteiger charge is 2.05. The van der Waals surface area contributed by atoms with E-state index >= 15 is 0 Å². The van der Waals surface area contributed by atoms with Gasteiger partial charge in [-0.2, -0.15) is 0 Å². The average molecular weight is 451 g/mol. The van der Waals surface area contributed by atoms with Gasteiger partial charge in [0, 0.05) is 17.5 Å². The van der Waals surface area contributed by atoms with Gasteiger partial charge < -0.3 is 0 Å². The molecular weight excluding hydrogens is 416 g/mol. The van der Waals surface area contributed by atoms with Crippen molar-refractivity contribution in [3.8, 4) is 0 Å². The van der Waals surface area contributed by atoms with Crippen LogP contribution in [-0.2, 0) is 0 Å². The van der Waals surface area contributed by atoms with Gasteiger partial charge >= 0.3 is 0 Å². The quantitative estimate of drug-likeness (QED) is 0.113. The van der Waals surface area contributed by atoms with Crippen molar-refractivity contribution in [2.75, 3.05) is 0 Å². The number of unbranched alkanes of at least 4 members (excludes halogenated alkanes) is 5. The summed E-state index contributed by atoms with van der Waals surface area (Å²) in [4.78, 5) is 23.1. The fraction of sp³-hybridized carbons (Fsp3) is 0.250. The normalized spacial score (nSPS) is 11.3. The molecule has 0 radical (unpaired) electrons. The van der Waals surface area contributed by atoms with Crippen molar-refractivity contribution in [1.29, 1.82) is 0 Å². The first-order valence-electron chi connectivity index (χ1n) is 12.3. The molecule has 0 aliphatic rings. The highest BCUT2D eigenvalue weighted by atomic mass is 16.1. The molecule has 0 spiro atoms. The van der Waals surface area contributed by atoms with Gasteiger partial charge in [-0.3, -0.25) is 9.59 Å². The summed E-state index contributed by atoms with van der Waals surface area (Å²) in [5.41, 5.74) is 5.87. The largest absolute Gasteiger partial charge is 0.298 e. The summed E-state index contributed by atoms with van der Waals surface area (Å²) in [6, 6.07) is 23.8. The SMILES string of the molecule is CCCCCCCCC(=O)c1ccc(/C=C/c2ccc(/C=C/c3ccc(C=O)cc3)cc2)cc1. The van der Waals surface area contributed by atoms with Gasteiger partial charge in [-0.25, -0.2) is 0 Å². The molecule has 0 atom stereocenters. The number of ketones is 1. The molecule has 0 unspecified atom stereocenters. The zero-order valence-corrected chi connectivity index (χ0v) is 20.1. The molecular formula is C32H34O2. The molecule has 0 saturated heterocycles. The van der Waals surface area contributed by atoms with Crippen LogP contribution in [0.15, 0.2) is 72.8 Å². The van der Waals surface area contributed by atoms with Crippen molar-refractivity contribution in [1.82, 2.24) is 0 Å². The molecule has 34 heavy (non-hydrogen) atoms. The molecule has 0 aliphatic carbocycles. The third-order valence-corrected chi connectivity index (χ3v) is 5.94. The van der Waals surface area contributed by atoms with E-state index in [-0.39, 0.29) is 5.78 Å². The molecule has 0 heterocycles. The van der Waals surface area contributed by atoms with Crippen LogP contribution in [0.4, 0.5) is 0 Å². The lowest BCUT2D eigenvalue weighted by atomic mass is 10.0. The van der Waals surface area contributed by atoms with Crippen LogP contribution < -0.4 is 0 Å². The fourth-order valence-corrected chi connectivity index (χ4v) is 3.78. The Morgan fingerprint density at radius 2 is 0.941 bits per heavy atom. The van der Waals surface area contributed by atoms with E-state index in [1.54, 1.807) is 0 Å². The van der Waals surface area contributed by atoms with Crippen LogP contribution in [0.3, 0.4) is 0 Å². The first-order chi connectivity index (χ1) is 16.7. The first kappa shape index (κ1) is 25.1. The molecule has 0 saturated carbocycles. The van der Waals surface area contributed by atoms with Crippen LogP contribution in [0.25, 0.3) is 24.3 Å². The van der Waals surface area contributed by atoms with Gasteiger partial charge in [-0.15, -0.1) is 0 Å². The highest BCUT2D eigenvalue weighted by Crippen LogP contribution is 2.15. The second-order valence-electron chi connectivity index (χ2n) is 8.68. The van der Waals surface area contributed by atoms with Crippen molar-refractivity contribution < 1.29 is 9.59 Å². The van der Waals surface area contributed by atoms with E-state index in [9.17, 15) is 9.59 Å². The molecule has 3 rings (SSSR count). The van der Waals surface area contributed by atoms with Crippen molar-refractivity contribution in [3.63, 3.8) is 0 Å². The summed E-state index contributed by atoms with van der Waals surface area (Å²) in [6.07, 6.45) is 16.9. The summed E-state index contributed by atoms with van der Waals surface area (Å²) in [6.45, 7) is 2.22. The lowest BCUT2D eigenvalue weighted by Gasteiger charge is -2.03. The molecule has 0 aromatic heterocycles. The smallest absolute Gasteiger partial charge is 0.162 e. The van der Waals surface area contributed by atoms with Gasteiger partial charge in [0.1, 0.15) is 6.29 Å². The van der Waals surface area contributed by atoms with E-state index in [1.807, 2.05) is 54.6 Å². The van der Waals surface area contributed by atoms with E-state index in [1.165, 1.54) is 25.7 Å². The summed E-state index contributed by atoms with van der Waals surface area (Å²) < 4.78 is 0. The molecule has 0 fully saturated rings. The lowest BCUT2D eigenvalue weighted by molar-refractivity contribution is 0.0978. The van der Waals surface area contributed by atoms with Crippen molar-refractivity contribution in [3.05, 3.63) is 106 Å². The summed E-state index contributed by atoms with van der Waals surface area (Å²) in [7, 11) is 0. The molecule has 2 heteroatoms. The van der Waals surface area contributed by atoms with Crippen LogP contribution in [0.5, 0.6) is 0 Å². The van der Waals surface area contributed by atoms with E-state index in [0.717, 1.165) is 46.9 Å². The highest BCUT2D eigenvalue weighted by molar-refractivity contribution is 5.96. The maximum atomic E-state index is 12.4. The summed E-state index contributed by atoms with van der Waals surface area (Å²) in [5.74, 6) is 0.245. The Morgan fingerprint density at radius 3 is 1.38 bits per heavy atom. The Hall–Kier alpha value is -3.52. The number of hydrogen-bond donors (Lipinski definition) is 0. The Kier molecular flexibility index (Phi) is 10.3. The van der Waals surface area contributed by atoms with Gasteiger partial charge in [0.25, 0.3) is 0 Å². The fourth-order valence-electron chi connectivity index (χ4n) is 3.78. The van der Waals surface area contributed by atoms with Crippen LogP contribution in [0.1, 0.15) is 94.8 Å². The minimum Gasteiger partial charge on any atom is -0.298 e. The summed E-state index contributed by atoms with van der Waals surface area (Å²) >= 11 is 0. The molecule has 0 aliphatic heterocycles. The van der Waals surface area contributed by atoms with E-state index in [4.69, 9.17) is 0 Å².